The zero-order chi connectivity index (χ0) is 19.9. The lowest BCUT2D eigenvalue weighted by Gasteiger charge is -2.36. The van der Waals surface area contributed by atoms with Crippen molar-refractivity contribution in [2.75, 3.05) is 52.4 Å². The van der Waals surface area contributed by atoms with Crippen LogP contribution in [-0.4, -0.2) is 86.0 Å². The molecule has 0 aromatic rings. The average molecular weight is 508 g/mol. The van der Waals surface area contributed by atoms with Gasteiger partial charge in [-0.15, -0.1) is 24.0 Å². The molecule has 2 rings (SSSR count). The third kappa shape index (κ3) is 8.10. The van der Waals surface area contributed by atoms with Gasteiger partial charge >= 0.3 is 0 Å². The molecular weight excluding hydrogens is 471 g/mol. The fourth-order valence-electron chi connectivity index (χ4n) is 2.99. The largest absolute Gasteiger partial charge is 0.357 e. The number of amides is 2. The van der Waals surface area contributed by atoms with Crippen molar-refractivity contribution < 1.29 is 9.59 Å². The second-order valence-corrected chi connectivity index (χ2v) is 8.02. The first-order valence-corrected chi connectivity index (χ1v) is 10.2. The second kappa shape index (κ2) is 11.8. The molecule has 2 fully saturated rings. The number of nitrogens with one attached hydrogen (secondary N) is 3. The summed E-state index contributed by atoms with van der Waals surface area (Å²) in [4.78, 5) is 33.3. The van der Waals surface area contributed by atoms with Crippen LogP contribution >= 0.6 is 24.0 Å². The SMILES string of the molecule is CCNC(=O)C(C)(C)CN=C(NCC)N1CCN(CC(=O)NC2CC2)CC1.I. The summed E-state index contributed by atoms with van der Waals surface area (Å²) in [7, 11) is 0. The molecule has 2 amide bonds. The highest BCUT2D eigenvalue weighted by atomic mass is 127. The standard InChI is InChI=1S/C19H36N6O2.HI/c1-5-20-17(27)19(3,4)14-22-18(21-6-2)25-11-9-24(10-12-25)13-16(26)23-15-7-8-15;/h15H,5-14H2,1-4H3,(H,20,27)(H,21,22)(H,23,26);1H. The lowest BCUT2D eigenvalue weighted by molar-refractivity contribution is -0.128. The molecule has 9 heteroatoms. The number of hydrogen-bond acceptors (Lipinski definition) is 4. The molecule has 0 aromatic heterocycles. The maximum absolute atomic E-state index is 12.2. The van der Waals surface area contributed by atoms with Crippen molar-refractivity contribution in [2.24, 2.45) is 10.4 Å². The molecule has 28 heavy (non-hydrogen) atoms. The van der Waals surface area contributed by atoms with E-state index in [1.54, 1.807) is 0 Å². The minimum Gasteiger partial charge on any atom is -0.357 e. The molecule has 8 nitrogen and oxygen atoms in total. The maximum atomic E-state index is 12.2. The Morgan fingerprint density at radius 2 is 1.64 bits per heavy atom. The number of hydrogen-bond donors (Lipinski definition) is 3. The van der Waals surface area contributed by atoms with E-state index in [9.17, 15) is 9.59 Å². The number of guanidine groups is 1. The van der Waals surface area contributed by atoms with Gasteiger partial charge in [-0.2, -0.15) is 0 Å². The number of piperazine rings is 1. The van der Waals surface area contributed by atoms with E-state index < -0.39 is 5.41 Å². The summed E-state index contributed by atoms with van der Waals surface area (Å²) in [6.45, 7) is 13.4. The van der Waals surface area contributed by atoms with E-state index in [-0.39, 0.29) is 35.8 Å². The third-order valence-corrected chi connectivity index (χ3v) is 4.89. The lowest BCUT2D eigenvalue weighted by Crippen LogP contribution is -2.54. The van der Waals surface area contributed by atoms with Crippen LogP contribution in [0.4, 0.5) is 0 Å². The van der Waals surface area contributed by atoms with Crippen LogP contribution in [-0.2, 0) is 9.59 Å². The Balaban J connectivity index is 0.00000392. The molecule has 0 atom stereocenters. The van der Waals surface area contributed by atoms with Crippen molar-refractivity contribution in [1.29, 1.82) is 0 Å². The summed E-state index contributed by atoms with van der Waals surface area (Å²) in [6.07, 6.45) is 2.24. The molecule has 0 aromatic carbocycles. The van der Waals surface area contributed by atoms with Crippen molar-refractivity contribution in [3.05, 3.63) is 0 Å². The Kier molecular flexibility index (Phi) is 10.5. The van der Waals surface area contributed by atoms with Gasteiger partial charge in [-0.3, -0.25) is 19.5 Å². The van der Waals surface area contributed by atoms with Crippen LogP contribution in [0.1, 0.15) is 40.5 Å². The minimum absolute atomic E-state index is 0. The molecule has 1 aliphatic heterocycles. The van der Waals surface area contributed by atoms with E-state index in [1.807, 2.05) is 27.7 Å². The number of carbonyl (C=O) groups excluding carboxylic acids is 2. The van der Waals surface area contributed by atoms with Crippen molar-refractivity contribution in [1.82, 2.24) is 25.8 Å². The molecular formula is C19H37IN6O2. The van der Waals surface area contributed by atoms with Crippen molar-refractivity contribution in [3.63, 3.8) is 0 Å². The Hall–Kier alpha value is -1.10. The topological polar surface area (TPSA) is 89.1 Å². The van der Waals surface area contributed by atoms with Crippen molar-refractivity contribution in [3.8, 4) is 0 Å². The average Bonchev–Trinajstić information content (AvgIpc) is 3.43. The summed E-state index contributed by atoms with van der Waals surface area (Å²) in [5.41, 5.74) is -0.542. The normalized spacial score (nSPS) is 18.3. The minimum atomic E-state index is -0.542. The maximum Gasteiger partial charge on any atom is 0.234 e. The first-order valence-electron chi connectivity index (χ1n) is 10.2. The number of aliphatic imine (C=N–C) groups is 1. The fraction of sp³-hybridized carbons (Fsp3) is 0.842. The first kappa shape index (κ1) is 24.9. The highest BCUT2D eigenvalue weighted by Gasteiger charge is 2.28. The van der Waals surface area contributed by atoms with Crippen molar-refractivity contribution >= 4 is 41.8 Å². The Bertz CT molecular complexity index is 543. The Morgan fingerprint density at radius 3 is 2.18 bits per heavy atom. The van der Waals surface area contributed by atoms with E-state index in [1.165, 1.54) is 0 Å². The molecule has 1 saturated heterocycles. The summed E-state index contributed by atoms with van der Waals surface area (Å²) in [5, 5.41) is 9.25. The summed E-state index contributed by atoms with van der Waals surface area (Å²) < 4.78 is 0. The quantitative estimate of drug-likeness (QED) is 0.254. The van der Waals surface area contributed by atoms with Gasteiger partial charge in [-0.05, 0) is 40.5 Å². The smallest absolute Gasteiger partial charge is 0.234 e. The molecule has 0 bridgehead atoms. The number of rotatable bonds is 8. The van der Waals surface area contributed by atoms with Gasteiger partial charge in [0.1, 0.15) is 0 Å². The molecule has 1 aliphatic carbocycles. The predicted molar refractivity (Wildman–Crippen MR) is 123 cm³/mol. The van der Waals surface area contributed by atoms with Crippen LogP contribution in [0, 0.1) is 5.41 Å². The van der Waals surface area contributed by atoms with Crippen LogP contribution < -0.4 is 16.0 Å². The van der Waals surface area contributed by atoms with E-state index in [0.717, 1.165) is 51.5 Å². The molecule has 0 radical (unpaired) electrons. The predicted octanol–water partition coefficient (Wildman–Crippen LogP) is 0.628. The van der Waals surface area contributed by atoms with E-state index >= 15 is 0 Å². The molecule has 0 spiro atoms. The van der Waals surface area contributed by atoms with Gasteiger partial charge in [0.25, 0.3) is 0 Å². The van der Waals surface area contributed by atoms with Gasteiger partial charge in [-0.1, -0.05) is 0 Å². The Labute approximate surface area is 186 Å². The lowest BCUT2D eigenvalue weighted by atomic mass is 9.92. The second-order valence-electron chi connectivity index (χ2n) is 8.02. The molecule has 3 N–H and O–H groups in total. The van der Waals surface area contributed by atoms with Gasteiger partial charge < -0.3 is 20.9 Å². The zero-order valence-electron chi connectivity index (χ0n) is 17.7. The van der Waals surface area contributed by atoms with Gasteiger partial charge in [0.15, 0.2) is 5.96 Å². The molecule has 162 valence electrons. The van der Waals surface area contributed by atoms with Crippen LogP contribution in [0.25, 0.3) is 0 Å². The summed E-state index contributed by atoms with van der Waals surface area (Å²) in [6, 6.07) is 0.416. The van der Waals surface area contributed by atoms with Gasteiger partial charge in [0, 0.05) is 45.3 Å². The molecule has 1 heterocycles. The highest BCUT2D eigenvalue weighted by molar-refractivity contribution is 14.0. The monoisotopic (exact) mass is 508 g/mol. The number of nitrogens with zero attached hydrogens (tertiary/aromatic N) is 3. The molecule has 2 aliphatic rings. The van der Waals surface area contributed by atoms with E-state index in [2.05, 4.69) is 25.8 Å². The van der Waals surface area contributed by atoms with E-state index in [0.29, 0.717) is 25.7 Å². The van der Waals surface area contributed by atoms with Crippen LogP contribution in [0.5, 0.6) is 0 Å². The highest BCUT2D eigenvalue weighted by Crippen LogP contribution is 2.18. The van der Waals surface area contributed by atoms with Gasteiger partial charge in [0.05, 0.1) is 18.5 Å². The number of carbonyl (C=O) groups is 2. The third-order valence-electron chi connectivity index (χ3n) is 4.89. The Morgan fingerprint density at radius 1 is 1.04 bits per heavy atom. The zero-order valence-corrected chi connectivity index (χ0v) is 20.0. The van der Waals surface area contributed by atoms with Crippen LogP contribution in [0.2, 0.25) is 0 Å². The van der Waals surface area contributed by atoms with Gasteiger partial charge in [0.2, 0.25) is 11.8 Å². The molecule has 1 saturated carbocycles. The first-order chi connectivity index (χ1) is 12.9. The fourth-order valence-corrected chi connectivity index (χ4v) is 2.99. The van der Waals surface area contributed by atoms with Crippen LogP contribution in [0.15, 0.2) is 4.99 Å². The number of halogens is 1. The summed E-state index contributed by atoms with van der Waals surface area (Å²) >= 11 is 0. The molecule has 0 unspecified atom stereocenters. The van der Waals surface area contributed by atoms with Gasteiger partial charge in [-0.25, -0.2) is 0 Å². The van der Waals surface area contributed by atoms with E-state index in [4.69, 9.17) is 4.99 Å². The van der Waals surface area contributed by atoms with Crippen molar-refractivity contribution in [2.45, 2.75) is 46.6 Å². The van der Waals surface area contributed by atoms with Crippen LogP contribution in [0.3, 0.4) is 0 Å². The summed E-state index contributed by atoms with van der Waals surface area (Å²) in [5.74, 6) is 1.00.